The summed E-state index contributed by atoms with van der Waals surface area (Å²) in [5.74, 6) is -2.06. The molecule has 0 saturated heterocycles. The molecular formula is C32H30N4O6. The van der Waals surface area contributed by atoms with Crippen LogP contribution in [0, 0.1) is 0 Å². The van der Waals surface area contributed by atoms with E-state index in [2.05, 4.69) is 20.6 Å². The van der Waals surface area contributed by atoms with Gasteiger partial charge in [0.15, 0.2) is 0 Å². The van der Waals surface area contributed by atoms with Gasteiger partial charge in [0.1, 0.15) is 12.1 Å². The smallest absolute Gasteiger partial charge is 0.328 e. The van der Waals surface area contributed by atoms with Crippen molar-refractivity contribution in [1.29, 1.82) is 0 Å². The maximum atomic E-state index is 12.9. The van der Waals surface area contributed by atoms with Gasteiger partial charge in [0.25, 0.3) is 11.8 Å². The molecule has 4 aromatic rings. The second kappa shape index (κ2) is 14.3. The molecule has 214 valence electrons. The molecule has 10 heteroatoms. The van der Waals surface area contributed by atoms with E-state index >= 15 is 0 Å². The van der Waals surface area contributed by atoms with Crippen LogP contribution in [0.5, 0.6) is 0 Å². The van der Waals surface area contributed by atoms with Gasteiger partial charge in [0, 0.05) is 25.2 Å². The molecule has 0 saturated carbocycles. The first-order valence-electron chi connectivity index (χ1n) is 13.2. The van der Waals surface area contributed by atoms with Gasteiger partial charge < -0.3 is 20.1 Å². The molecule has 2 aromatic heterocycles. The molecule has 4 rings (SSSR count). The van der Waals surface area contributed by atoms with Crippen molar-refractivity contribution in [2.75, 3.05) is 14.2 Å². The van der Waals surface area contributed by atoms with Crippen molar-refractivity contribution in [3.63, 3.8) is 0 Å². The number of nitrogens with one attached hydrogen (secondary N) is 2. The fourth-order valence-electron chi connectivity index (χ4n) is 4.21. The van der Waals surface area contributed by atoms with Crippen molar-refractivity contribution in [2.24, 2.45) is 0 Å². The molecule has 0 fully saturated rings. The van der Waals surface area contributed by atoms with Gasteiger partial charge in [-0.1, -0.05) is 60.7 Å². The van der Waals surface area contributed by atoms with Crippen LogP contribution in [-0.4, -0.2) is 60.0 Å². The topological polar surface area (TPSA) is 137 Å². The van der Waals surface area contributed by atoms with Crippen LogP contribution in [0.1, 0.15) is 31.8 Å². The normalized spacial score (nSPS) is 12.0. The van der Waals surface area contributed by atoms with E-state index < -0.39 is 35.8 Å². The van der Waals surface area contributed by atoms with Crippen LogP contribution in [-0.2, 0) is 31.9 Å². The third-order valence-corrected chi connectivity index (χ3v) is 6.46. The Morgan fingerprint density at radius 1 is 0.595 bits per heavy atom. The highest BCUT2D eigenvalue weighted by Crippen LogP contribution is 2.16. The zero-order valence-corrected chi connectivity index (χ0v) is 23.2. The van der Waals surface area contributed by atoms with Crippen molar-refractivity contribution < 1.29 is 28.7 Å². The molecule has 0 aliphatic heterocycles. The predicted molar refractivity (Wildman–Crippen MR) is 154 cm³/mol. The summed E-state index contributed by atoms with van der Waals surface area (Å²) < 4.78 is 9.72. The summed E-state index contributed by atoms with van der Waals surface area (Å²) in [6.07, 6.45) is 3.32. The SMILES string of the molecule is COC(=O)[C@H](Cc1ccccc1)NC(=O)c1ccc(-c2ccc(C(=O)N[C@@H](Cc3ccccc3)C(=O)OC)cn2)nc1. The molecule has 2 aromatic carbocycles. The maximum absolute atomic E-state index is 12.9. The summed E-state index contributed by atoms with van der Waals surface area (Å²) in [7, 11) is 2.54. The van der Waals surface area contributed by atoms with Crippen LogP contribution in [0.4, 0.5) is 0 Å². The van der Waals surface area contributed by atoms with Crippen molar-refractivity contribution in [1.82, 2.24) is 20.6 Å². The summed E-state index contributed by atoms with van der Waals surface area (Å²) >= 11 is 0. The molecule has 0 spiro atoms. The molecule has 2 atom stereocenters. The summed E-state index contributed by atoms with van der Waals surface area (Å²) in [4.78, 5) is 58.9. The van der Waals surface area contributed by atoms with Crippen LogP contribution < -0.4 is 10.6 Å². The molecular weight excluding hydrogens is 536 g/mol. The Kier molecular flexibility index (Phi) is 10.1. The quantitative estimate of drug-likeness (QED) is 0.264. The van der Waals surface area contributed by atoms with Crippen LogP contribution in [0.3, 0.4) is 0 Å². The number of carbonyl (C=O) groups is 4. The average molecular weight is 567 g/mol. The monoisotopic (exact) mass is 566 g/mol. The van der Waals surface area contributed by atoms with Crippen LogP contribution in [0.2, 0.25) is 0 Å². The number of carbonyl (C=O) groups excluding carboxylic acids is 4. The zero-order valence-electron chi connectivity index (χ0n) is 23.2. The lowest BCUT2D eigenvalue weighted by Crippen LogP contribution is -2.43. The molecule has 0 aliphatic rings. The Labute approximate surface area is 243 Å². The minimum Gasteiger partial charge on any atom is -0.467 e. The molecule has 0 unspecified atom stereocenters. The van der Waals surface area contributed by atoms with E-state index in [1.165, 1.54) is 26.6 Å². The minimum absolute atomic E-state index is 0.254. The van der Waals surface area contributed by atoms with Crippen LogP contribution >= 0.6 is 0 Å². The number of methoxy groups -OCH3 is 2. The van der Waals surface area contributed by atoms with E-state index in [0.29, 0.717) is 11.4 Å². The van der Waals surface area contributed by atoms with E-state index in [4.69, 9.17) is 9.47 Å². The molecule has 2 heterocycles. The molecule has 2 N–H and O–H groups in total. The Morgan fingerprint density at radius 2 is 0.976 bits per heavy atom. The third-order valence-electron chi connectivity index (χ3n) is 6.46. The molecule has 0 bridgehead atoms. The zero-order chi connectivity index (χ0) is 29.9. The second-order valence-corrected chi connectivity index (χ2v) is 9.34. The van der Waals surface area contributed by atoms with Gasteiger partial charge in [0.2, 0.25) is 0 Å². The molecule has 42 heavy (non-hydrogen) atoms. The van der Waals surface area contributed by atoms with E-state index in [1.807, 2.05) is 60.7 Å². The fourth-order valence-corrected chi connectivity index (χ4v) is 4.21. The summed E-state index contributed by atoms with van der Waals surface area (Å²) in [6, 6.07) is 23.3. The third kappa shape index (κ3) is 7.85. The Balaban J connectivity index is 1.40. The molecule has 0 aliphatic carbocycles. The fraction of sp³-hybridized carbons (Fsp3) is 0.188. The average Bonchev–Trinajstić information content (AvgIpc) is 3.04. The van der Waals surface area contributed by atoms with E-state index in [1.54, 1.807) is 24.3 Å². The molecule has 2 amide bonds. The number of aromatic nitrogens is 2. The van der Waals surface area contributed by atoms with Gasteiger partial charge in [-0.15, -0.1) is 0 Å². The number of esters is 2. The van der Waals surface area contributed by atoms with Crippen LogP contribution in [0.25, 0.3) is 11.4 Å². The number of benzene rings is 2. The van der Waals surface area contributed by atoms with Crippen molar-refractivity contribution >= 4 is 23.8 Å². The number of nitrogens with zero attached hydrogens (tertiary/aromatic N) is 2. The Bertz CT molecular complexity index is 1390. The lowest BCUT2D eigenvalue weighted by atomic mass is 10.1. The number of amides is 2. The lowest BCUT2D eigenvalue weighted by Gasteiger charge is -2.17. The highest BCUT2D eigenvalue weighted by molar-refractivity contribution is 5.97. The van der Waals surface area contributed by atoms with Crippen LogP contribution in [0.15, 0.2) is 97.3 Å². The highest BCUT2D eigenvalue weighted by atomic mass is 16.5. The second-order valence-electron chi connectivity index (χ2n) is 9.34. The molecule has 10 nitrogen and oxygen atoms in total. The number of rotatable bonds is 11. The predicted octanol–water partition coefficient (Wildman–Crippen LogP) is 3.17. The number of hydrogen-bond acceptors (Lipinski definition) is 8. The largest absolute Gasteiger partial charge is 0.467 e. The van der Waals surface area contributed by atoms with Crippen molar-refractivity contribution in [3.05, 3.63) is 120 Å². The van der Waals surface area contributed by atoms with Gasteiger partial charge >= 0.3 is 11.9 Å². The summed E-state index contributed by atoms with van der Waals surface area (Å²) in [5, 5.41) is 5.42. The minimum atomic E-state index is -0.864. The molecule has 0 radical (unpaired) electrons. The first-order valence-corrected chi connectivity index (χ1v) is 13.2. The summed E-state index contributed by atoms with van der Waals surface area (Å²) in [6.45, 7) is 0. The van der Waals surface area contributed by atoms with Gasteiger partial charge in [-0.05, 0) is 35.4 Å². The van der Waals surface area contributed by atoms with Gasteiger partial charge in [-0.2, -0.15) is 0 Å². The number of ether oxygens (including phenoxy) is 2. The standard InChI is InChI=1S/C32H30N4O6/c1-41-31(39)27(17-21-9-5-3-6-10-21)35-29(37)23-13-15-25(33-19-23)26-16-14-24(20-34-26)30(38)36-28(32(40)42-2)18-22-11-7-4-8-12-22/h3-16,19-20,27-28H,17-18H2,1-2H3,(H,35,37)(H,36,38)/t27-,28-/m0/s1. The highest BCUT2D eigenvalue weighted by Gasteiger charge is 2.24. The van der Waals surface area contributed by atoms with E-state index in [0.717, 1.165) is 11.1 Å². The van der Waals surface area contributed by atoms with E-state index in [9.17, 15) is 19.2 Å². The van der Waals surface area contributed by atoms with Crippen molar-refractivity contribution in [3.8, 4) is 11.4 Å². The first-order chi connectivity index (χ1) is 20.4. The summed E-state index contributed by atoms with van der Waals surface area (Å²) in [5.41, 5.74) is 3.21. The first kappa shape index (κ1) is 29.6. The van der Waals surface area contributed by atoms with Crippen molar-refractivity contribution in [2.45, 2.75) is 24.9 Å². The Morgan fingerprint density at radius 3 is 1.29 bits per heavy atom. The Hall–Kier alpha value is -5.38. The van der Waals surface area contributed by atoms with Gasteiger partial charge in [-0.3, -0.25) is 19.6 Å². The number of hydrogen-bond donors (Lipinski definition) is 2. The number of pyridine rings is 2. The lowest BCUT2D eigenvalue weighted by molar-refractivity contribution is -0.143. The van der Waals surface area contributed by atoms with Gasteiger partial charge in [-0.25, -0.2) is 9.59 Å². The van der Waals surface area contributed by atoms with Gasteiger partial charge in [0.05, 0.1) is 36.7 Å². The maximum Gasteiger partial charge on any atom is 0.328 e. The van der Waals surface area contributed by atoms with E-state index in [-0.39, 0.29) is 24.0 Å².